The number of hydrogen-bond acceptors (Lipinski definition) is 6. The molecule has 3 heterocycles. The maximum absolute atomic E-state index is 12.9. The van der Waals surface area contributed by atoms with Crippen LogP contribution in [0.15, 0.2) is 60.9 Å². The van der Waals surface area contributed by atoms with Gasteiger partial charge in [-0.1, -0.05) is 30.3 Å². The molecule has 4 aromatic rings. The number of carbonyl (C=O) groups is 1. The van der Waals surface area contributed by atoms with Gasteiger partial charge in [0, 0.05) is 30.6 Å². The summed E-state index contributed by atoms with van der Waals surface area (Å²) in [5.74, 6) is 1.65. The van der Waals surface area contributed by atoms with Crippen LogP contribution in [0.5, 0.6) is 0 Å². The monoisotopic (exact) mass is 386 g/mol. The summed E-state index contributed by atoms with van der Waals surface area (Å²) in [5, 5.41) is 15.7. The zero-order valence-corrected chi connectivity index (χ0v) is 15.6. The van der Waals surface area contributed by atoms with E-state index in [0.717, 1.165) is 22.9 Å². The molecule has 5 rings (SSSR count). The minimum atomic E-state index is 0.00213. The van der Waals surface area contributed by atoms with Crippen molar-refractivity contribution in [2.24, 2.45) is 0 Å². The SMILES string of the molecule is O=C(c1ccc(-n2cnnn2)cc1)N1CCc2nc(-c3ccccc3)nn2CC1. The van der Waals surface area contributed by atoms with E-state index in [0.29, 0.717) is 31.6 Å². The summed E-state index contributed by atoms with van der Waals surface area (Å²) in [6.45, 7) is 1.84. The average Bonchev–Trinajstić information content (AvgIpc) is 3.41. The van der Waals surface area contributed by atoms with E-state index in [2.05, 4.69) is 25.6 Å². The molecule has 144 valence electrons. The predicted octanol–water partition coefficient (Wildman–Crippen LogP) is 1.62. The number of tetrazole rings is 1. The summed E-state index contributed by atoms with van der Waals surface area (Å²) >= 11 is 0. The fourth-order valence-electron chi connectivity index (χ4n) is 3.43. The van der Waals surface area contributed by atoms with E-state index >= 15 is 0 Å². The van der Waals surface area contributed by atoms with Gasteiger partial charge in [0.15, 0.2) is 5.82 Å². The van der Waals surface area contributed by atoms with Gasteiger partial charge in [-0.2, -0.15) is 5.10 Å². The first-order valence-electron chi connectivity index (χ1n) is 9.40. The van der Waals surface area contributed by atoms with Crippen LogP contribution >= 0.6 is 0 Å². The Morgan fingerprint density at radius 2 is 1.76 bits per heavy atom. The highest BCUT2D eigenvalue weighted by molar-refractivity contribution is 5.94. The number of benzene rings is 2. The molecule has 0 bridgehead atoms. The first-order chi connectivity index (χ1) is 14.3. The molecule has 0 atom stereocenters. The lowest BCUT2D eigenvalue weighted by atomic mass is 10.1. The zero-order chi connectivity index (χ0) is 19.6. The van der Waals surface area contributed by atoms with Crippen molar-refractivity contribution < 1.29 is 4.79 Å². The molecule has 0 radical (unpaired) electrons. The normalized spacial score (nSPS) is 13.7. The van der Waals surface area contributed by atoms with Gasteiger partial charge in [0.25, 0.3) is 5.91 Å². The van der Waals surface area contributed by atoms with Gasteiger partial charge < -0.3 is 4.90 Å². The van der Waals surface area contributed by atoms with Gasteiger partial charge in [-0.3, -0.25) is 4.79 Å². The van der Waals surface area contributed by atoms with Crippen LogP contribution in [0, 0.1) is 0 Å². The fraction of sp³-hybridized carbons (Fsp3) is 0.200. The Kier molecular flexibility index (Phi) is 4.32. The highest BCUT2D eigenvalue weighted by Crippen LogP contribution is 2.18. The van der Waals surface area contributed by atoms with Gasteiger partial charge >= 0.3 is 0 Å². The molecule has 1 aliphatic heterocycles. The third-order valence-electron chi connectivity index (χ3n) is 4.98. The number of fused-ring (bicyclic) bond motifs is 1. The van der Waals surface area contributed by atoms with Crippen molar-refractivity contribution in [3.05, 3.63) is 72.3 Å². The molecule has 2 aromatic carbocycles. The van der Waals surface area contributed by atoms with Gasteiger partial charge in [-0.05, 0) is 34.7 Å². The average molecular weight is 386 g/mol. The van der Waals surface area contributed by atoms with Crippen LogP contribution in [0.25, 0.3) is 17.1 Å². The standard InChI is InChI=1S/C20H18N8O/c29-20(16-6-8-17(9-7-16)28-14-21-24-25-28)26-11-10-18-22-19(23-27(18)13-12-26)15-4-2-1-3-5-15/h1-9,14H,10-13H2. The molecule has 0 unspecified atom stereocenters. The summed E-state index contributed by atoms with van der Waals surface area (Å²) in [5.41, 5.74) is 2.45. The van der Waals surface area contributed by atoms with Crippen LogP contribution in [0.2, 0.25) is 0 Å². The molecule has 1 aliphatic rings. The number of amides is 1. The number of nitrogens with zero attached hydrogens (tertiary/aromatic N) is 8. The Morgan fingerprint density at radius 1 is 0.931 bits per heavy atom. The van der Waals surface area contributed by atoms with E-state index in [1.54, 1.807) is 16.8 Å². The lowest BCUT2D eigenvalue weighted by Gasteiger charge is -2.20. The number of aromatic nitrogens is 7. The highest BCUT2D eigenvalue weighted by Gasteiger charge is 2.22. The molecular weight excluding hydrogens is 368 g/mol. The predicted molar refractivity (Wildman–Crippen MR) is 104 cm³/mol. The van der Waals surface area contributed by atoms with Crippen molar-refractivity contribution in [3.8, 4) is 17.1 Å². The van der Waals surface area contributed by atoms with Crippen LogP contribution in [0.4, 0.5) is 0 Å². The number of carbonyl (C=O) groups excluding carboxylic acids is 1. The summed E-state index contributed by atoms with van der Waals surface area (Å²) in [6.07, 6.45) is 2.19. The Bertz CT molecular complexity index is 1090. The summed E-state index contributed by atoms with van der Waals surface area (Å²) in [7, 11) is 0. The molecule has 0 aliphatic carbocycles. The molecule has 0 fully saturated rings. The first-order valence-corrected chi connectivity index (χ1v) is 9.40. The van der Waals surface area contributed by atoms with E-state index in [-0.39, 0.29) is 5.91 Å². The zero-order valence-electron chi connectivity index (χ0n) is 15.6. The third-order valence-corrected chi connectivity index (χ3v) is 4.98. The van der Waals surface area contributed by atoms with Crippen molar-refractivity contribution in [2.45, 2.75) is 13.0 Å². The molecule has 1 amide bonds. The summed E-state index contributed by atoms with van der Waals surface area (Å²) < 4.78 is 3.46. The Morgan fingerprint density at radius 3 is 2.52 bits per heavy atom. The van der Waals surface area contributed by atoms with Crippen molar-refractivity contribution in [3.63, 3.8) is 0 Å². The largest absolute Gasteiger partial charge is 0.336 e. The molecular formula is C20H18N8O. The Balaban J connectivity index is 1.29. The molecule has 0 spiro atoms. The first kappa shape index (κ1) is 17.2. The van der Waals surface area contributed by atoms with E-state index in [4.69, 9.17) is 0 Å². The van der Waals surface area contributed by atoms with E-state index < -0.39 is 0 Å². The van der Waals surface area contributed by atoms with E-state index in [1.807, 2.05) is 52.0 Å². The van der Waals surface area contributed by atoms with Gasteiger partial charge in [0.2, 0.25) is 0 Å². The molecule has 0 saturated heterocycles. The lowest BCUT2D eigenvalue weighted by Crippen LogP contribution is -2.33. The molecule has 2 aromatic heterocycles. The van der Waals surface area contributed by atoms with Gasteiger partial charge in [-0.15, -0.1) is 5.10 Å². The van der Waals surface area contributed by atoms with Crippen molar-refractivity contribution in [1.29, 1.82) is 0 Å². The summed E-state index contributed by atoms with van der Waals surface area (Å²) in [6, 6.07) is 17.2. The van der Waals surface area contributed by atoms with Crippen LogP contribution in [-0.2, 0) is 13.0 Å². The van der Waals surface area contributed by atoms with Crippen molar-refractivity contribution in [2.75, 3.05) is 13.1 Å². The highest BCUT2D eigenvalue weighted by atomic mass is 16.2. The van der Waals surface area contributed by atoms with Gasteiger partial charge in [-0.25, -0.2) is 14.3 Å². The second kappa shape index (κ2) is 7.27. The lowest BCUT2D eigenvalue weighted by molar-refractivity contribution is 0.0758. The second-order valence-corrected chi connectivity index (χ2v) is 6.78. The molecule has 29 heavy (non-hydrogen) atoms. The number of hydrogen-bond donors (Lipinski definition) is 0. The molecule has 0 N–H and O–H groups in total. The quantitative estimate of drug-likeness (QED) is 0.531. The van der Waals surface area contributed by atoms with Crippen LogP contribution in [0.1, 0.15) is 16.2 Å². The minimum absolute atomic E-state index is 0.00213. The van der Waals surface area contributed by atoms with Gasteiger partial charge in [0.05, 0.1) is 12.2 Å². The minimum Gasteiger partial charge on any atom is -0.336 e. The van der Waals surface area contributed by atoms with Crippen LogP contribution < -0.4 is 0 Å². The maximum atomic E-state index is 12.9. The van der Waals surface area contributed by atoms with E-state index in [1.165, 1.54) is 6.33 Å². The Hall–Kier alpha value is -3.88. The molecule has 9 nitrogen and oxygen atoms in total. The molecule has 9 heteroatoms. The second-order valence-electron chi connectivity index (χ2n) is 6.78. The molecule has 0 saturated carbocycles. The Labute approximate surface area is 166 Å². The summed E-state index contributed by atoms with van der Waals surface area (Å²) in [4.78, 5) is 19.5. The smallest absolute Gasteiger partial charge is 0.253 e. The van der Waals surface area contributed by atoms with Crippen LogP contribution in [-0.4, -0.2) is 58.9 Å². The fourth-order valence-corrected chi connectivity index (χ4v) is 3.43. The van der Waals surface area contributed by atoms with Gasteiger partial charge in [0.1, 0.15) is 12.2 Å². The van der Waals surface area contributed by atoms with E-state index in [9.17, 15) is 4.79 Å². The van der Waals surface area contributed by atoms with Crippen molar-refractivity contribution >= 4 is 5.91 Å². The topological polar surface area (TPSA) is 94.6 Å². The van der Waals surface area contributed by atoms with Crippen LogP contribution in [0.3, 0.4) is 0 Å². The van der Waals surface area contributed by atoms with Crippen molar-refractivity contribution in [1.82, 2.24) is 39.9 Å². The number of rotatable bonds is 3. The maximum Gasteiger partial charge on any atom is 0.253 e. The third kappa shape index (κ3) is 3.38.